The van der Waals surface area contributed by atoms with E-state index in [1.165, 1.54) is 4.57 Å². The molecule has 2 heterocycles. The second-order valence-corrected chi connectivity index (χ2v) is 13.3. The minimum Gasteiger partial charge on any atom is -0.352 e. The molecule has 2 aromatic rings. The average molecular weight is 337 g/mol. The maximum absolute atomic E-state index is 12.8. The van der Waals surface area contributed by atoms with Gasteiger partial charge >= 0.3 is 5.69 Å². The van der Waals surface area contributed by atoms with E-state index in [0.717, 1.165) is 0 Å². The van der Waals surface area contributed by atoms with Gasteiger partial charge in [-0.05, 0) is 11.0 Å². The molecule has 2 rings (SSSR count). The molecule has 6 nitrogen and oxygen atoms in total. The van der Waals surface area contributed by atoms with Gasteiger partial charge in [0.25, 0.3) is 5.56 Å². The Labute approximate surface area is 137 Å². The fourth-order valence-electron chi connectivity index (χ4n) is 2.57. The Morgan fingerprint density at radius 3 is 2.26 bits per heavy atom. The lowest BCUT2D eigenvalue weighted by atomic mass is 10.2. The summed E-state index contributed by atoms with van der Waals surface area (Å²) in [7, 11) is -0.457. The van der Waals surface area contributed by atoms with Gasteiger partial charge in [-0.1, -0.05) is 47.7 Å². The molecule has 2 aromatic heterocycles. The lowest BCUT2D eigenvalue weighted by Gasteiger charge is -2.37. The fourth-order valence-corrected chi connectivity index (χ4v) is 4.39. The van der Waals surface area contributed by atoms with Gasteiger partial charge < -0.3 is 4.23 Å². The maximum atomic E-state index is 12.8. The summed E-state index contributed by atoms with van der Waals surface area (Å²) in [4.78, 5) is 29.7. The van der Waals surface area contributed by atoms with Crippen LogP contribution in [-0.2, 0) is 13.6 Å². The van der Waals surface area contributed by atoms with Gasteiger partial charge in [-0.2, -0.15) is 0 Å². The molecule has 0 atom stereocenters. The topological polar surface area (TPSA) is 61.8 Å². The SMILES string of the molecule is CC(C)Cn1c(=O)n(C)c(=O)c2c1ncn2[Si](C)(C)C(C)(C)C. The van der Waals surface area contributed by atoms with Crippen LogP contribution in [-0.4, -0.2) is 26.6 Å². The first-order chi connectivity index (χ1) is 10.4. The van der Waals surface area contributed by atoms with Crippen LogP contribution in [0.1, 0.15) is 34.6 Å². The quantitative estimate of drug-likeness (QED) is 0.809. The Morgan fingerprint density at radius 1 is 1.22 bits per heavy atom. The number of nitrogens with zero attached hydrogens (tertiary/aromatic N) is 4. The van der Waals surface area contributed by atoms with E-state index < -0.39 is 8.24 Å². The van der Waals surface area contributed by atoms with Crippen molar-refractivity contribution in [3.8, 4) is 0 Å². The minimum atomic E-state index is -2.00. The lowest BCUT2D eigenvalue weighted by molar-refractivity contribution is 0.500. The molecule has 0 unspecified atom stereocenters. The Morgan fingerprint density at radius 2 is 1.78 bits per heavy atom. The molecule has 0 saturated carbocycles. The molecule has 0 saturated heterocycles. The van der Waals surface area contributed by atoms with Crippen LogP contribution in [0.15, 0.2) is 15.9 Å². The Hall–Kier alpha value is -1.63. The Balaban J connectivity index is 2.92. The van der Waals surface area contributed by atoms with Gasteiger partial charge in [-0.25, -0.2) is 9.78 Å². The zero-order valence-electron chi connectivity index (χ0n) is 15.5. The summed E-state index contributed by atoms with van der Waals surface area (Å²) in [6, 6.07) is 0. The molecular formula is C16H28N4O2Si. The van der Waals surface area contributed by atoms with Crippen LogP contribution in [0.4, 0.5) is 0 Å². The van der Waals surface area contributed by atoms with Gasteiger partial charge in [-0.3, -0.25) is 13.9 Å². The molecule has 0 aliphatic rings. The van der Waals surface area contributed by atoms with Gasteiger partial charge in [-0.15, -0.1) is 0 Å². The molecule has 128 valence electrons. The third kappa shape index (κ3) is 2.71. The van der Waals surface area contributed by atoms with Crippen molar-refractivity contribution in [2.45, 2.75) is 59.3 Å². The van der Waals surface area contributed by atoms with Gasteiger partial charge in [0.15, 0.2) is 13.9 Å². The van der Waals surface area contributed by atoms with E-state index in [4.69, 9.17) is 0 Å². The van der Waals surface area contributed by atoms with Crippen molar-refractivity contribution in [2.24, 2.45) is 13.0 Å². The van der Waals surface area contributed by atoms with Crippen LogP contribution >= 0.6 is 0 Å². The van der Waals surface area contributed by atoms with Crippen LogP contribution in [0.3, 0.4) is 0 Å². The van der Waals surface area contributed by atoms with Crippen molar-refractivity contribution in [2.75, 3.05) is 0 Å². The van der Waals surface area contributed by atoms with Gasteiger partial charge in [0.1, 0.15) is 5.52 Å². The van der Waals surface area contributed by atoms with Crippen LogP contribution < -0.4 is 11.2 Å². The zero-order valence-corrected chi connectivity index (χ0v) is 16.5. The monoisotopic (exact) mass is 336 g/mol. The van der Waals surface area contributed by atoms with E-state index in [2.05, 4.69) is 43.1 Å². The van der Waals surface area contributed by atoms with Gasteiger partial charge in [0.2, 0.25) is 0 Å². The Bertz CT molecular complexity index is 850. The molecule has 23 heavy (non-hydrogen) atoms. The van der Waals surface area contributed by atoms with Gasteiger partial charge in [0, 0.05) is 13.6 Å². The summed E-state index contributed by atoms with van der Waals surface area (Å²) in [5, 5.41) is 0.0602. The summed E-state index contributed by atoms with van der Waals surface area (Å²) < 4.78 is 4.89. The van der Waals surface area contributed by atoms with Crippen LogP contribution in [0, 0.1) is 5.92 Å². The van der Waals surface area contributed by atoms with Gasteiger partial charge in [0.05, 0.1) is 6.33 Å². The second kappa shape index (κ2) is 5.47. The minimum absolute atomic E-state index is 0.0602. The highest BCUT2D eigenvalue weighted by atomic mass is 28.3. The smallest absolute Gasteiger partial charge is 0.332 e. The highest BCUT2D eigenvalue weighted by Crippen LogP contribution is 2.37. The standard InChI is InChI=1S/C16H28N4O2Si/c1-11(2)9-19-13-12(14(21)18(6)15(19)22)20(10-17-13)23(7,8)16(3,4)5/h10-11H,9H2,1-8H3. The normalized spacial score (nSPS) is 13.3. The van der Waals surface area contributed by atoms with E-state index >= 15 is 0 Å². The summed E-state index contributed by atoms with van der Waals surface area (Å²) in [5.41, 5.74) is 0.514. The predicted molar refractivity (Wildman–Crippen MR) is 96.7 cm³/mol. The largest absolute Gasteiger partial charge is 0.352 e. The summed E-state index contributed by atoms with van der Waals surface area (Å²) in [6.07, 6.45) is 1.75. The molecular weight excluding hydrogens is 308 g/mol. The summed E-state index contributed by atoms with van der Waals surface area (Å²) >= 11 is 0. The van der Waals surface area contributed by atoms with Crippen molar-refractivity contribution in [1.29, 1.82) is 0 Å². The van der Waals surface area contributed by atoms with E-state index in [1.807, 2.05) is 13.8 Å². The van der Waals surface area contributed by atoms with Crippen molar-refractivity contribution in [1.82, 2.24) is 18.4 Å². The number of rotatable bonds is 3. The number of hydrogen-bond donors (Lipinski definition) is 0. The molecule has 0 fully saturated rings. The van der Waals surface area contributed by atoms with E-state index in [1.54, 1.807) is 17.9 Å². The molecule has 7 heteroatoms. The highest BCUT2D eigenvalue weighted by molar-refractivity contribution is 6.79. The highest BCUT2D eigenvalue weighted by Gasteiger charge is 2.39. The first-order valence-corrected chi connectivity index (χ1v) is 11.0. The van der Waals surface area contributed by atoms with Crippen molar-refractivity contribution >= 4 is 19.4 Å². The first-order valence-electron chi connectivity index (χ1n) is 8.07. The Kier molecular flexibility index (Phi) is 4.21. The third-order valence-corrected chi connectivity index (χ3v) is 10.2. The molecule has 0 N–H and O–H groups in total. The van der Waals surface area contributed by atoms with Crippen molar-refractivity contribution in [3.63, 3.8) is 0 Å². The second-order valence-electron chi connectivity index (χ2n) is 8.25. The lowest BCUT2D eigenvalue weighted by Crippen LogP contribution is -2.47. The van der Waals surface area contributed by atoms with Crippen LogP contribution in [0.2, 0.25) is 18.1 Å². The molecule has 0 amide bonds. The number of aromatic nitrogens is 4. The predicted octanol–water partition coefficient (Wildman–Crippen LogP) is 2.41. The molecule has 0 aliphatic heterocycles. The zero-order chi connectivity index (χ0) is 17.7. The third-order valence-electron chi connectivity index (χ3n) is 5.01. The molecule has 0 aliphatic carbocycles. The maximum Gasteiger partial charge on any atom is 0.332 e. The average Bonchev–Trinajstić information content (AvgIpc) is 2.85. The molecule has 0 aromatic carbocycles. The first kappa shape index (κ1) is 17.7. The summed E-state index contributed by atoms with van der Waals surface area (Å²) in [5.74, 6) is 0.298. The number of fused-ring (bicyclic) bond motifs is 1. The fraction of sp³-hybridized carbons (Fsp3) is 0.688. The van der Waals surface area contributed by atoms with E-state index in [-0.39, 0.29) is 16.3 Å². The van der Waals surface area contributed by atoms with E-state index in [9.17, 15) is 9.59 Å². The van der Waals surface area contributed by atoms with Crippen molar-refractivity contribution < 1.29 is 0 Å². The number of imidazole rings is 1. The number of hydrogen-bond acceptors (Lipinski definition) is 3. The molecule has 0 radical (unpaired) electrons. The molecule has 0 spiro atoms. The molecule has 0 bridgehead atoms. The van der Waals surface area contributed by atoms with Crippen molar-refractivity contribution in [3.05, 3.63) is 27.2 Å². The summed E-state index contributed by atoms with van der Waals surface area (Å²) in [6.45, 7) is 15.7. The van der Waals surface area contributed by atoms with E-state index in [0.29, 0.717) is 23.6 Å². The van der Waals surface area contributed by atoms with Crippen LogP contribution in [0.25, 0.3) is 11.2 Å². The van der Waals surface area contributed by atoms with Crippen LogP contribution in [0.5, 0.6) is 0 Å².